The predicted octanol–water partition coefficient (Wildman–Crippen LogP) is 2.77. The molecule has 0 aliphatic heterocycles. The van der Waals surface area contributed by atoms with Crippen LogP contribution in [0.5, 0.6) is 0 Å². The first-order valence-electron chi connectivity index (χ1n) is 4.93. The first-order valence-corrected chi connectivity index (χ1v) is 4.93. The molecule has 2 N–H and O–H groups in total. The topological polar surface area (TPSA) is 26.0 Å². The van der Waals surface area contributed by atoms with Crippen molar-refractivity contribution in [3.05, 3.63) is 35.9 Å². The van der Waals surface area contributed by atoms with Crippen molar-refractivity contribution in [2.24, 2.45) is 11.7 Å². The third kappa shape index (κ3) is 2.56. The van der Waals surface area contributed by atoms with Gasteiger partial charge in [0.2, 0.25) is 0 Å². The first kappa shape index (κ1) is 10.3. The van der Waals surface area contributed by atoms with E-state index in [4.69, 9.17) is 5.73 Å². The fourth-order valence-corrected chi connectivity index (χ4v) is 1.56. The Morgan fingerprint density at radius 1 is 1.00 bits per heavy atom. The van der Waals surface area contributed by atoms with Crippen LogP contribution in [-0.2, 0) is 0 Å². The second-order valence-electron chi connectivity index (χ2n) is 4.02. The fourth-order valence-electron chi connectivity index (χ4n) is 1.56. The summed E-state index contributed by atoms with van der Waals surface area (Å²) in [5.74, 6) is 0.983. The second-order valence-corrected chi connectivity index (χ2v) is 4.02. The highest BCUT2D eigenvalue weighted by molar-refractivity contribution is 5.20. The number of benzene rings is 1. The Labute approximate surface area is 81.0 Å². The highest BCUT2D eigenvalue weighted by atomic mass is 14.7. The van der Waals surface area contributed by atoms with E-state index in [0.717, 1.165) is 0 Å². The van der Waals surface area contributed by atoms with Crippen LogP contribution in [0.4, 0.5) is 0 Å². The molecule has 0 fully saturated rings. The van der Waals surface area contributed by atoms with Crippen LogP contribution in [0, 0.1) is 5.92 Å². The zero-order valence-corrected chi connectivity index (χ0v) is 8.70. The zero-order chi connectivity index (χ0) is 9.84. The van der Waals surface area contributed by atoms with Crippen LogP contribution in [0.2, 0.25) is 0 Å². The maximum atomic E-state index is 6.09. The highest BCUT2D eigenvalue weighted by Crippen LogP contribution is 2.21. The third-order valence-corrected chi connectivity index (χ3v) is 2.67. The van der Waals surface area contributed by atoms with Gasteiger partial charge in [0.15, 0.2) is 0 Å². The molecule has 0 saturated heterocycles. The van der Waals surface area contributed by atoms with E-state index in [1.54, 1.807) is 0 Å². The van der Waals surface area contributed by atoms with Crippen LogP contribution < -0.4 is 5.73 Å². The van der Waals surface area contributed by atoms with Crippen molar-refractivity contribution in [2.45, 2.75) is 32.7 Å². The van der Waals surface area contributed by atoms with E-state index in [1.165, 1.54) is 5.56 Å². The Morgan fingerprint density at radius 3 is 2.00 bits per heavy atom. The van der Waals surface area contributed by atoms with E-state index in [1.807, 2.05) is 6.07 Å². The molecule has 0 aliphatic carbocycles. The van der Waals surface area contributed by atoms with Gasteiger partial charge >= 0.3 is 0 Å². The molecule has 0 spiro atoms. The molecule has 0 aromatic heterocycles. The van der Waals surface area contributed by atoms with Gasteiger partial charge < -0.3 is 5.73 Å². The van der Waals surface area contributed by atoms with Crippen molar-refractivity contribution < 1.29 is 0 Å². The number of hydrogen-bond donors (Lipinski definition) is 1. The predicted molar refractivity (Wildman–Crippen MR) is 57.7 cm³/mol. The van der Waals surface area contributed by atoms with Crippen LogP contribution in [0.3, 0.4) is 0 Å². The standard InChI is InChI=1S/C12H19N/c1-9(2)12(13)10(3)11-7-5-4-6-8-11/h4-10,12H,13H2,1-3H3/t10-,12-/m0/s1. The van der Waals surface area contributed by atoms with E-state index < -0.39 is 0 Å². The molecule has 1 heteroatoms. The van der Waals surface area contributed by atoms with Gasteiger partial charge in [0, 0.05) is 6.04 Å². The lowest BCUT2D eigenvalue weighted by atomic mass is 9.87. The smallest absolute Gasteiger partial charge is 0.0128 e. The molecule has 13 heavy (non-hydrogen) atoms. The molecule has 0 heterocycles. The molecule has 0 saturated carbocycles. The van der Waals surface area contributed by atoms with Gasteiger partial charge in [-0.2, -0.15) is 0 Å². The summed E-state index contributed by atoms with van der Waals surface area (Å²) in [5, 5.41) is 0. The summed E-state index contributed by atoms with van der Waals surface area (Å²) in [5.41, 5.74) is 7.43. The van der Waals surface area contributed by atoms with Crippen LogP contribution in [0.15, 0.2) is 30.3 Å². The summed E-state index contributed by atoms with van der Waals surface area (Å²) < 4.78 is 0. The van der Waals surface area contributed by atoms with Crippen molar-refractivity contribution in [2.75, 3.05) is 0 Å². The summed E-state index contributed by atoms with van der Waals surface area (Å²) in [4.78, 5) is 0. The molecular formula is C12H19N. The molecule has 1 nitrogen and oxygen atoms in total. The minimum absolute atomic E-state index is 0.252. The van der Waals surface area contributed by atoms with Crippen LogP contribution in [0.1, 0.15) is 32.3 Å². The summed E-state index contributed by atoms with van der Waals surface area (Å²) in [6.07, 6.45) is 0. The van der Waals surface area contributed by atoms with Crippen molar-refractivity contribution in [1.29, 1.82) is 0 Å². The molecule has 2 atom stereocenters. The van der Waals surface area contributed by atoms with Crippen LogP contribution in [0.25, 0.3) is 0 Å². The lowest BCUT2D eigenvalue weighted by Gasteiger charge is -2.23. The molecule has 0 aliphatic rings. The van der Waals surface area contributed by atoms with Gasteiger partial charge in [-0.15, -0.1) is 0 Å². The van der Waals surface area contributed by atoms with Gasteiger partial charge in [0.25, 0.3) is 0 Å². The van der Waals surface area contributed by atoms with Gasteiger partial charge in [0.1, 0.15) is 0 Å². The molecule has 1 aromatic rings. The average molecular weight is 177 g/mol. The lowest BCUT2D eigenvalue weighted by molar-refractivity contribution is 0.434. The number of nitrogens with two attached hydrogens (primary N) is 1. The van der Waals surface area contributed by atoms with Gasteiger partial charge in [-0.3, -0.25) is 0 Å². The molecule has 0 bridgehead atoms. The molecule has 72 valence electrons. The number of rotatable bonds is 3. The lowest BCUT2D eigenvalue weighted by Crippen LogP contribution is -2.32. The van der Waals surface area contributed by atoms with Crippen molar-refractivity contribution in [3.8, 4) is 0 Å². The van der Waals surface area contributed by atoms with Gasteiger partial charge in [-0.25, -0.2) is 0 Å². The summed E-state index contributed by atoms with van der Waals surface area (Å²) >= 11 is 0. The summed E-state index contributed by atoms with van der Waals surface area (Å²) in [6, 6.07) is 10.7. The van der Waals surface area contributed by atoms with Gasteiger partial charge in [-0.1, -0.05) is 51.1 Å². The first-order chi connectivity index (χ1) is 6.13. The van der Waals surface area contributed by atoms with Crippen molar-refractivity contribution in [1.82, 2.24) is 0 Å². The second kappa shape index (κ2) is 4.43. The summed E-state index contributed by atoms with van der Waals surface area (Å²) in [6.45, 7) is 6.54. The molecule has 1 rings (SSSR count). The van der Waals surface area contributed by atoms with E-state index >= 15 is 0 Å². The monoisotopic (exact) mass is 177 g/mol. The Morgan fingerprint density at radius 2 is 1.54 bits per heavy atom. The SMILES string of the molecule is CC(C)[C@H](N)[C@@H](C)c1ccccc1. The van der Waals surface area contributed by atoms with Crippen LogP contribution >= 0.6 is 0 Å². The largest absolute Gasteiger partial charge is 0.327 e. The maximum absolute atomic E-state index is 6.09. The Kier molecular flexibility index (Phi) is 3.49. The average Bonchev–Trinajstić information content (AvgIpc) is 2.17. The van der Waals surface area contributed by atoms with Crippen LogP contribution in [-0.4, -0.2) is 6.04 Å². The number of hydrogen-bond acceptors (Lipinski definition) is 1. The summed E-state index contributed by atoms with van der Waals surface area (Å²) in [7, 11) is 0. The van der Waals surface area contributed by atoms with E-state index in [2.05, 4.69) is 45.0 Å². The van der Waals surface area contributed by atoms with Crippen molar-refractivity contribution in [3.63, 3.8) is 0 Å². The fraction of sp³-hybridized carbons (Fsp3) is 0.500. The zero-order valence-electron chi connectivity index (χ0n) is 8.70. The minimum Gasteiger partial charge on any atom is -0.327 e. The molecule has 0 radical (unpaired) electrons. The van der Waals surface area contributed by atoms with Crippen molar-refractivity contribution >= 4 is 0 Å². The quantitative estimate of drug-likeness (QED) is 0.755. The third-order valence-electron chi connectivity index (χ3n) is 2.67. The Hall–Kier alpha value is -0.820. The molecular weight excluding hydrogens is 158 g/mol. The molecule has 0 amide bonds. The van der Waals surface area contributed by atoms with Gasteiger partial charge in [-0.05, 0) is 17.4 Å². The minimum atomic E-state index is 0.252. The molecule has 1 aromatic carbocycles. The van der Waals surface area contributed by atoms with Gasteiger partial charge in [0.05, 0.1) is 0 Å². The van der Waals surface area contributed by atoms with E-state index in [0.29, 0.717) is 11.8 Å². The Balaban J connectivity index is 2.73. The maximum Gasteiger partial charge on any atom is 0.0128 e. The van der Waals surface area contributed by atoms with E-state index in [-0.39, 0.29) is 6.04 Å². The Bertz CT molecular complexity index is 241. The normalized spacial score (nSPS) is 15.8. The highest BCUT2D eigenvalue weighted by Gasteiger charge is 2.17. The molecule has 0 unspecified atom stereocenters. The van der Waals surface area contributed by atoms with E-state index in [9.17, 15) is 0 Å².